The average molecular weight is 357 g/mol. The Hall–Kier alpha value is -2.54. The molecule has 1 aliphatic carbocycles. The Bertz CT molecular complexity index is 980. The number of benzene rings is 3. The highest BCUT2D eigenvalue weighted by molar-refractivity contribution is 6.08. The summed E-state index contributed by atoms with van der Waals surface area (Å²) in [5, 5.41) is 5.68. The molecule has 3 aromatic carbocycles. The molecule has 0 amide bonds. The zero-order valence-electron chi connectivity index (χ0n) is 16.2. The molecule has 1 nitrogen and oxygen atoms in total. The monoisotopic (exact) mass is 356 g/mol. The van der Waals surface area contributed by atoms with Crippen molar-refractivity contribution in [1.82, 2.24) is 0 Å². The molecule has 0 saturated carbocycles. The molecule has 0 saturated heterocycles. The summed E-state index contributed by atoms with van der Waals surface area (Å²) in [5.41, 5.74) is 3.23. The summed E-state index contributed by atoms with van der Waals surface area (Å²) >= 11 is 0. The summed E-state index contributed by atoms with van der Waals surface area (Å²) in [7, 11) is 0. The van der Waals surface area contributed by atoms with Gasteiger partial charge in [0, 0.05) is 0 Å². The van der Waals surface area contributed by atoms with E-state index in [-0.39, 0.29) is 0 Å². The zero-order chi connectivity index (χ0) is 18.5. The first-order valence-electron chi connectivity index (χ1n) is 10.3. The fraction of sp³-hybridized carbons (Fsp3) is 0.308. The van der Waals surface area contributed by atoms with Crippen LogP contribution in [0.5, 0.6) is 0 Å². The maximum absolute atomic E-state index is 4.58. The normalized spacial score (nSPS) is 16.0. The molecule has 0 fully saturated rings. The SMILES string of the molecule is CCCCC1CCc2c(ccc3c2ccc2ccccc23)C1.c1ccoc1. The second-order valence-corrected chi connectivity index (χ2v) is 7.63. The van der Waals surface area contributed by atoms with Gasteiger partial charge in [-0.2, -0.15) is 0 Å². The molecule has 138 valence electrons. The number of aryl methyl sites for hydroxylation is 1. The third kappa shape index (κ3) is 3.93. The number of hydrogen-bond donors (Lipinski definition) is 0. The fourth-order valence-corrected chi connectivity index (χ4v) is 4.41. The Kier molecular flexibility index (Phi) is 5.58. The van der Waals surface area contributed by atoms with Gasteiger partial charge in [-0.1, -0.05) is 74.7 Å². The van der Waals surface area contributed by atoms with Crippen LogP contribution in [0.15, 0.2) is 77.6 Å². The second-order valence-electron chi connectivity index (χ2n) is 7.63. The van der Waals surface area contributed by atoms with Gasteiger partial charge in [-0.15, -0.1) is 0 Å². The third-order valence-corrected chi connectivity index (χ3v) is 5.84. The average Bonchev–Trinajstić information content (AvgIpc) is 3.31. The molecule has 0 radical (unpaired) electrons. The standard InChI is InChI=1S/C22H24.C4H4O/c1-2-3-6-16-9-12-20-18(15-16)11-14-21-19-8-5-4-7-17(19)10-13-22(20)21;1-2-4-5-3-1/h4-5,7-8,10-11,13-14,16H,2-3,6,9,12,15H2,1H3;1-4H. The molecule has 1 aliphatic rings. The molecule has 1 heterocycles. The van der Waals surface area contributed by atoms with E-state index in [2.05, 4.69) is 59.9 Å². The van der Waals surface area contributed by atoms with Crippen molar-refractivity contribution >= 4 is 21.5 Å². The maximum atomic E-state index is 4.58. The Balaban J connectivity index is 0.000000314. The molecule has 4 aromatic rings. The van der Waals surface area contributed by atoms with E-state index in [1.54, 1.807) is 23.7 Å². The number of furan rings is 1. The summed E-state index contributed by atoms with van der Waals surface area (Å²) in [6.45, 7) is 2.30. The predicted octanol–water partition coefficient (Wildman–Crippen LogP) is 7.57. The topological polar surface area (TPSA) is 13.1 Å². The molecule has 1 aromatic heterocycles. The van der Waals surface area contributed by atoms with Crippen molar-refractivity contribution in [3.8, 4) is 0 Å². The van der Waals surface area contributed by atoms with Gasteiger partial charge in [0.25, 0.3) is 0 Å². The first kappa shape index (κ1) is 17.9. The van der Waals surface area contributed by atoms with E-state index in [0.29, 0.717) is 0 Å². The Labute approximate surface area is 162 Å². The molecular weight excluding hydrogens is 328 g/mol. The largest absolute Gasteiger partial charge is 0.473 e. The summed E-state index contributed by atoms with van der Waals surface area (Å²) in [4.78, 5) is 0. The first-order chi connectivity index (χ1) is 13.4. The van der Waals surface area contributed by atoms with Gasteiger partial charge in [-0.05, 0) is 70.0 Å². The van der Waals surface area contributed by atoms with Crippen molar-refractivity contribution in [2.75, 3.05) is 0 Å². The maximum Gasteiger partial charge on any atom is 0.0902 e. The van der Waals surface area contributed by atoms with Gasteiger partial charge < -0.3 is 4.42 Å². The first-order valence-corrected chi connectivity index (χ1v) is 10.3. The Morgan fingerprint density at radius 2 is 1.67 bits per heavy atom. The van der Waals surface area contributed by atoms with Crippen molar-refractivity contribution < 1.29 is 4.42 Å². The van der Waals surface area contributed by atoms with Crippen LogP contribution >= 0.6 is 0 Å². The third-order valence-electron chi connectivity index (χ3n) is 5.84. The Morgan fingerprint density at radius 3 is 2.44 bits per heavy atom. The smallest absolute Gasteiger partial charge is 0.0902 e. The molecular formula is C26H28O. The quantitative estimate of drug-likeness (QED) is 0.345. The van der Waals surface area contributed by atoms with Gasteiger partial charge in [0.15, 0.2) is 0 Å². The lowest BCUT2D eigenvalue weighted by Gasteiger charge is -2.26. The molecule has 5 rings (SSSR count). The summed E-state index contributed by atoms with van der Waals surface area (Å²) < 4.78 is 4.58. The van der Waals surface area contributed by atoms with Crippen molar-refractivity contribution in [3.63, 3.8) is 0 Å². The Morgan fingerprint density at radius 1 is 0.852 bits per heavy atom. The highest BCUT2D eigenvalue weighted by Crippen LogP contribution is 2.36. The molecule has 0 bridgehead atoms. The van der Waals surface area contributed by atoms with Gasteiger partial charge in [0.1, 0.15) is 0 Å². The van der Waals surface area contributed by atoms with E-state index in [1.165, 1.54) is 60.1 Å². The van der Waals surface area contributed by atoms with Gasteiger partial charge in [-0.25, -0.2) is 0 Å². The van der Waals surface area contributed by atoms with Crippen LogP contribution in [0.3, 0.4) is 0 Å². The molecule has 0 N–H and O–H groups in total. The van der Waals surface area contributed by atoms with Gasteiger partial charge >= 0.3 is 0 Å². The predicted molar refractivity (Wildman–Crippen MR) is 115 cm³/mol. The van der Waals surface area contributed by atoms with Crippen LogP contribution in [0.1, 0.15) is 43.7 Å². The number of hydrogen-bond acceptors (Lipinski definition) is 1. The van der Waals surface area contributed by atoms with Crippen LogP contribution in [0.2, 0.25) is 0 Å². The molecule has 1 atom stereocenters. The highest BCUT2D eigenvalue weighted by Gasteiger charge is 2.20. The van der Waals surface area contributed by atoms with Crippen LogP contribution < -0.4 is 0 Å². The molecule has 1 heteroatoms. The molecule has 27 heavy (non-hydrogen) atoms. The summed E-state index contributed by atoms with van der Waals surface area (Å²) in [5.74, 6) is 0.908. The minimum atomic E-state index is 0.908. The lowest BCUT2D eigenvalue weighted by Crippen LogP contribution is -2.14. The van der Waals surface area contributed by atoms with Gasteiger partial charge in [0.05, 0.1) is 12.5 Å². The van der Waals surface area contributed by atoms with Gasteiger partial charge in [0.2, 0.25) is 0 Å². The lowest BCUT2D eigenvalue weighted by atomic mass is 9.79. The van der Waals surface area contributed by atoms with Crippen LogP contribution in [0, 0.1) is 5.92 Å². The van der Waals surface area contributed by atoms with Crippen LogP contribution in [0.25, 0.3) is 21.5 Å². The fourth-order valence-electron chi connectivity index (χ4n) is 4.41. The van der Waals surface area contributed by atoms with Crippen molar-refractivity contribution in [2.24, 2.45) is 5.92 Å². The summed E-state index contributed by atoms with van der Waals surface area (Å²) in [6.07, 6.45) is 11.3. The molecule has 0 spiro atoms. The lowest BCUT2D eigenvalue weighted by molar-refractivity contribution is 0.414. The van der Waals surface area contributed by atoms with Crippen molar-refractivity contribution in [2.45, 2.75) is 45.4 Å². The number of unbranched alkanes of at least 4 members (excludes halogenated alkanes) is 1. The van der Waals surface area contributed by atoms with E-state index in [9.17, 15) is 0 Å². The minimum Gasteiger partial charge on any atom is -0.473 e. The molecule has 1 unspecified atom stereocenters. The van der Waals surface area contributed by atoms with E-state index in [0.717, 1.165) is 5.92 Å². The van der Waals surface area contributed by atoms with Crippen LogP contribution in [-0.2, 0) is 12.8 Å². The highest BCUT2D eigenvalue weighted by atomic mass is 16.3. The van der Waals surface area contributed by atoms with E-state index >= 15 is 0 Å². The van der Waals surface area contributed by atoms with Crippen molar-refractivity contribution in [3.05, 3.63) is 84.3 Å². The van der Waals surface area contributed by atoms with Crippen LogP contribution in [-0.4, -0.2) is 0 Å². The second kappa shape index (κ2) is 8.43. The van der Waals surface area contributed by atoms with Gasteiger partial charge in [-0.3, -0.25) is 0 Å². The van der Waals surface area contributed by atoms with Crippen molar-refractivity contribution in [1.29, 1.82) is 0 Å². The minimum absolute atomic E-state index is 0.908. The number of fused-ring (bicyclic) bond motifs is 5. The van der Waals surface area contributed by atoms with Crippen LogP contribution in [0.4, 0.5) is 0 Å². The van der Waals surface area contributed by atoms with E-state index in [4.69, 9.17) is 0 Å². The summed E-state index contributed by atoms with van der Waals surface area (Å²) in [6, 6.07) is 21.8. The molecule has 0 aliphatic heterocycles. The van der Waals surface area contributed by atoms with E-state index in [1.807, 2.05) is 12.1 Å². The number of rotatable bonds is 3. The van der Waals surface area contributed by atoms with E-state index < -0.39 is 0 Å². The zero-order valence-corrected chi connectivity index (χ0v) is 16.2.